The minimum Gasteiger partial charge on any atom is -0.268 e. The molecule has 0 atom stereocenters. The van der Waals surface area contributed by atoms with E-state index >= 15 is 0 Å². The molecule has 14 heavy (non-hydrogen) atoms. The third kappa shape index (κ3) is 1.43. The molecule has 1 heterocycles. The molecule has 0 aliphatic rings. The normalized spacial score (nSPS) is 10.5. The average Bonchev–Trinajstić information content (AvgIpc) is 2.46. The molecule has 0 aliphatic heterocycles. The maximum absolute atomic E-state index is 4.35. The monoisotopic (exact) mass is 186 g/mol. The van der Waals surface area contributed by atoms with Gasteiger partial charge in [0.1, 0.15) is 0 Å². The van der Waals surface area contributed by atoms with Crippen molar-refractivity contribution in [2.24, 2.45) is 7.05 Å². The van der Waals surface area contributed by atoms with E-state index in [1.54, 1.807) is 0 Å². The lowest BCUT2D eigenvalue weighted by molar-refractivity contribution is 0.763. The topological polar surface area (TPSA) is 17.8 Å². The third-order valence-corrected chi connectivity index (χ3v) is 2.42. The Morgan fingerprint density at radius 3 is 2.43 bits per heavy atom. The molecule has 0 bridgehead atoms. The van der Waals surface area contributed by atoms with Crippen molar-refractivity contribution in [3.05, 3.63) is 41.6 Å². The molecule has 2 heteroatoms. The molecule has 1 aromatic carbocycles. The summed E-state index contributed by atoms with van der Waals surface area (Å²) in [7, 11) is 1.98. The summed E-state index contributed by atoms with van der Waals surface area (Å²) in [6.07, 6.45) is 0. The first-order valence-electron chi connectivity index (χ1n) is 4.75. The van der Waals surface area contributed by atoms with Crippen LogP contribution in [0.4, 0.5) is 0 Å². The summed E-state index contributed by atoms with van der Waals surface area (Å²) in [6.45, 7) is 4.14. The summed E-state index contributed by atoms with van der Waals surface area (Å²) >= 11 is 0. The molecule has 72 valence electrons. The van der Waals surface area contributed by atoms with Crippen molar-refractivity contribution in [3.8, 4) is 11.3 Å². The van der Waals surface area contributed by atoms with Gasteiger partial charge in [-0.1, -0.05) is 24.3 Å². The first kappa shape index (κ1) is 9.00. The van der Waals surface area contributed by atoms with Gasteiger partial charge in [-0.3, -0.25) is 4.68 Å². The molecule has 0 unspecified atom stereocenters. The second kappa shape index (κ2) is 3.29. The second-order valence-electron chi connectivity index (χ2n) is 3.61. The van der Waals surface area contributed by atoms with E-state index < -0.39 is 0 Å². The standard InChI is InChI=1S/C12H14N2/c1-9-6-4-5-7-11(9)12-8-10(2)13-14(12)3/h4-8H,1-3H3. The van der Waals surface area contributed by atoms with Crippen LogP contribution in [0, 0.1) is 13.8 Å². The van der Waals surface area contributed by atoms with Crippen molar-refractivity contribution in [1.82, 2.24) is 9.78 Å². The van der Waals surface area contributed by atoms with Crippen LogP contribution in [0.2, 0.25) is 0 Å². The molecule has 2 rings (SSSR count). The molecule has 1 aromatic heterocycles. The summed E-state index contributed by atoms with van der Waals surface area (Å²) in [5.74, 6) is 0. The zero-order valence-electron chi connectivity index (χ0n) is 8.78. The molecule has 2 nitrogen and oxygen atoms in total. The van der Waals surface area contributed by atoms with Crippen molar-refractivity contribution < 1.29 is 0 Å². The highest BCUT2D eigenvalue weighted by Gasteiger charge is 2.06. The summed E-state index contributed by atoms with van der Waals surface area (Å²) in [5.41, 5.74) is 4.79. The molecule has 0 fully saturated rings. The van der Waals surface area contributed by atoms with Gasteiger partial charge in [-0.05, 0) is 25.5 Å². The van der Waals surface area contributed by atoms with Gasteiger partial charge in [0, 0.05) is 12.6 Å². The minimum absolute atomic E-state index is 1.06. The van der Waals surface area contributed by atoms with Crippen molar-refractivity contribution in [2.75, 3.05) is 0 Å². The Morgan fingerprint density at radius 2 is 1.86 bits per heavy atom. The van der Waals surface area contributed by atoms with E-state index in [0.29, 0.717) is 0 Å². The number of hydrogen-bond acceptors (Lipinski definition) is 1. The lowest BCUT2D eigenvalue weighted by atomic mass is 10.1. The summed E-state index contributed by atoms with van der Waals surface area (Å²) in [4.78, 5) is 0. The van der Waals surface area contributed by atoms with Crippen LogP contribution in [-0.2, 0) is 7.05 Å². The highest BCUT2D eigenvalue weighted by Crippen LogP contribution is 2.22. The van der Waals surface area contributed by atoms with E-state index in [0.717, 1.165) is 5.69 Å². The highest BCUT2D eigenvalue weighted by atomic mass is 15.3. The molecule has 0 amide bonds. The van der Waals surface area contributed by atoms with E-state index in [4.69, 9.17) is 0 Å². The van der Waals surface area contributed by atoms with Crippen LogP contribution in [0.5, 0.6) is 0 Å². The van der Waals surface area contributed by atoms with Gasteiger partial charge in [-0.2, -0.15) is 5.10 Å². The van der Waals surface area contributed by atoms with Gasteiger partial charge in [-0.25, -0.2) is 0 Å². The molecule has 0 aliphatic carbocycles. The number of aromatic nitrogens is 2. The highest BCUT2D eigenvalue weighted by molar-refractivity contribution is 5.63. The van der Waals surface area contributed by atoms with Crippen molar-refractivity contribution in [3.63, 3.8) is 0 Å². The van der Waals surface area contributed by atoms with Crippen molar-refractivity contribution in [2.45, 2.75) is 13.8 Å². The molecule has 0 saturated heterocycles. The average molecular weight is 186 g/mol. The Hall–Kier alpha value is -1.57. The Morgan fingerprint density at radius 1 is 1.14 bits per heavy atom. The van der Waals surface area contributed by atoms with Gasteiger partial charge in [-0.15, -0.1) is 0 Å². The number of nitrogens with zero attached hydrogens (tertiary/aromatic N) is 2. The molecule has 2 aromatic rings. The van der Waals surface area contributed by atoms with E-state index in [9.17, 15) is 0 Å². The van der Waals surface area contributed by atoms with Gasteiger partial charge in [0.2, 0.25) is 0 Å². The van der Waals surface area contributed by atoms with E-state index in [1.165, 1.54) is 16.8 Å². The smallest absolute Gasteiger partial charge is 0.0684 e. The maximum Gasteiger partial charge on any atom is 0.0684 e. The van der Waals surface area contributed by atoms with Crippen molar-refractivity contribution >= 4 is 0 Å². The largest absolute Gasteiger partial charge is 0.268 e. The summed E-state index contributed by atoms with van der Waals surface area (Å²) in [5, 5.41) is 4.35. The van der Waals surface area contributed by atoms with Crippen LogP contribution in [0.15, 0.2) is 30.3 Å². The summed E-state index contributed by atoms with van der Waals surface area (Å²) < 4.78 is 1.93. The molecular weight excluding hydrogens is 172 g/mol. The first-order chi connectivity index (χ1) is 6.68. The van der Waals surface area contributed by atoms with Crippen LogP contribution in [-0.4, -0.2) is 9.78 Å². The number of aryl methyl sites for hydroxylation is 3. The molecule has 0 spiro atoms. The Kier molecular flexibility index (Phi) is 2.12. The third-order valence-electron chi connectivity index (χ3n) is 2.42. The Balaban J connectivity index is 2.60. The first-order valence-corrected chi connectivity index (χ1v) is 4.75. The van der Waals surface area contributed by atoms with Crippen LogP contribution in [0.3, 0.4) is 0 Å². The van der Waals surface area contributed by atoms with E-state index in [-0.39, 0.29) is 0 Å². The predicted molar refractivity (Wildman–Crippen MR) is 58.1 cm³/mol. The van der Waals surface area contributed by atoms with Crippen LogP contribution in [0.25, 0.3) is 11.3 Å². The molecule has 0 radical (unpaired) electrons. The molecule has 0 N–H and O–H groups in total. The minimum atomic E-state index is 1.06. The fourth-order valence-corrected chi connectivity index (χ4v) is 1.72. The number of benzene rings is 1. The van der Waals surface area contributed by atoms with Crippen LogP contribution < -0.4 is 0 Å². The summed E-state index contributed by atoms with van der Waals surface area (Å²) in [6, 6.07) is 10.5. The van der Waals surface area contributed by atoms with Gasteiger partial charge >= 0.3 is 0 Å². The second-order valence-corrected chi connectivity index (χ2v) is 3.61. The fourth-order valence-electron chi connectivity index (χ4n) is 1.72. The van der Waals surface area contributed by atoms with Gasteiger partial charge in [0.05, 0.1) is 11.4 Å². The number of rotatable bonds is 1. The van der Waals surface area contributed by atoms with Crippen molar-refractivity contribution in [1.29, 1.82) is 0 Å². The van der Waals surface area contributed by atoms with Gasteiger partial charge < -0.3 is 0 Å². The van der Waals surface area contributed by atoms with Gasteiger partial charge in [0.15, 0.2) is 0 Å². The Labute approximate surface area is 84.2 Å². The van der Waals surface area contributed by atoms with Crippen LogP contribution >= 0.6 is 0 Å². The maximum atomic E-state index is 4.35. The predicted octanol–water partition coefficient (Wildman–Crippen LogP) is 2.70. The molecule has 0 saturated carbocycles. The quantitative estimate of drug-likeness (QED) is 0.669. The zero-order chi connectivity index (χ0) is 10.1. The fraction of sp³-hybridized carbons (Fsp3) is 0.250. The van der Waals surface area contributed by atoms with E-state index in [2.05, 4.69) is 42.4 Å². The van der Waals surface area contributed by atoms with Gasteiger partial charge in [0.25, 0.3) is 0 Å². The number of hydrogen-bond donors (Lipinski definition) is 0. The zero-order valence-corrected chi connectivity index (χ0v) is 8.78. The van der Waals surface area contributed by atoms with Crippen LogP contribution in [0.1, 0.15) is 11.3 Å². The SMILES string of the molecule is Cc1cc(-c2ccccc2C)n(C)n1. The lowest BCUT2D eigenvalue weighted by Gasteiger charge is -2.04. The molecular formula is C12H14N2. The Bertz CT molecular complexity index is 455. The van der Waals surface area contributed by atoms with E-state index in [1.807, 2.05) is 18.7 Å². The lowest BCUT2D eigenvalue weighted by Crippen LogP contribution is -1.94.